The van der Waals surface area contributed by atoms with Crippen molar-refractivity contribution in [3.05, 3.63) is 167 Å². The standard InChI is InChI=1S/C40H35N3O5/c44-37(23-18-29-16-20-34(21-17-29)48-28-31-12-6-2-7-13-31)41-25-24-38(45)42-33-19-22-36(43-39(46)26-30-10-4-1-5-11-30)35(27-33)40(47)32-14-8-3-9-15-32/h1-23,27H,24-26,28H2,(H,41,44)(H,42,45)(H,43,46)/b23-18+. The number of ketones is 1. The van der Waals surface area contributed by atoms with Crippen LogP contribution in [0.25, 0.3) is 6.08 Å². The molecule has 3 amide bonds. The highest BCUT2D eigenvalue weighted by atomic mass is 16.5. The second kappa shape index (κ2) is 16.9. The molecule has 5 aromatic rings. The van der Waals surface area contributed by atoms with Crippen LogP contribution in [-0.4, -0.2) is 30.0 Å². The van der Waals surface area contributed by atoms with Gasteiger partial charge in [0.1, 0.15) is 12.4 Å². The highest BCUT2D eigenvalue weighted by Crippen LogP contribution is 2.24. The van der Waals surface area contributed by atoms with Crippen molar-refractivity contribution in [2.45, 2.75) is 19.4 Å². The van der Waals surface area contributed by atoms with Crippen LogP contribution < -0.4 is 20.7 Å². The van der Waals surface area contributed by atoms with E-state index in [9.17, 15) is 19.2 Å². The molecule has 0 bridgehead atoms. The van der Waals surface area contributed by atoms with Crippen molar-refractivity contribution in [3.63, 3.8) is 0 Å². The summed E-state index contributed by atoms with van der Waals surface area (Å²) in [7, 11) is 0. The number of carbonyl (C=O) groups is 4. The molecular weight excluding hydrogens is 602 g/mol. The zero-order valence-corrected chi connectivity index (χ0v) is 26.2. The Balaban J connectivity index is 1.13. The molecule has 0 aliphatic heterocycles. The van der Waals surface area contributed by atoms with Crippen LogP contribution >= 0.6 is 0 Å². The van der Waals surface area contributed by atoms with E-state index >= 15 is 0 Å². The molecule has 5 rings (SSSR count). The second-order valence-corrected chi connectivity index (χ2v) is 10.9. The lowest BCUT2D eigenvalue weighted by Crippen LogP contribution is -2.26. The predicted octanol–water partition coefficient (Wildman–Crippen LogP) is 6.84. The number of rotatable bonds is 14. The van der Waals surface area contributed by atoms with E-state index in [-0.39, 0.29) is 48.5 Å². The van der Waals surface area contributed by atoms with Gasteiger partial charge in [-0.15, -0.1) is 0 Å². The summed E-state index contributed by atoms with van der Waals surface area (Å²) in [6.45, 7) is 0.586. The molecule has 3 N–H and O–H groups in total. The maximum atomic E-state index is 13.4. The molecule has 0 heterocycles. The summed E-state index contributed by atoms with van der Waals surface area (Å²) >= 11 is 0. The van der Waals surface area contributed by atoms with Crippen molar-refractivity contribution in [1.29, 1.82) is 0 Å². The summed E-state index contributed by atoms with van der Waals surface area (Å²) in [6, 6.07) is 40.1. The Bertz CT molecular complexity index is 1870. The van der Waals surface area contributed by atoms with Gasteiger partial charge in [0.25, 0.3) is 0 Å². The van der Waals surface area contributed by atoms with Crippen LogP contribution in [0.4, 0.5) is 11.4 Å². The van der Waals surface area contributed by atoms with Gasteiger partial charge in [-0.3, -0.25) is 19.2 Å². The first kappa shape index (κ1) is 33.1. The third-order valence-corrected chi connectivity index (χ3v) is 7.27. The molecule has 240 valence electrons. The van der Waals surface area contributed by atoms with Crippen molar-refractivity contribution >= 4 is 41.0 Å². The van der Waals surface area contributed by atoms with Crippen LogP contribution in [0.15, 0.2) is 140 Å². The Hall–Kier alpha value is -6.28. The molecular formula is C40H35N3O5. The molecule has 0 fully saturated rings. The Kier molecular flexibility index (Phi) is 11.6. The number of anilines is 2. The Labute approximate surface area is 279 Å². The lowest BCUT2D eigenvalue weighted by Gasteiger charge is -2.14. The molecule has 8 nitrogen and oxygen atoms in total. The number of hydrogen-bond acceptors (Lipinski definition) is 5. The molecule has 0 aliphatic carbocycles. The van der Waals surface area contributed by atoms with Gasteiger partial charge in [0.2, 0.25) is 17.7 Å². The summed E-state index contributed by atoms with van der Waals surface area (Å²) in [5.41, 5.74) is 4.18. The molecule has 8 heteroatoms. The monoisotopic (exact) mass is 637 g/mol. The molecule has 0 unspecified atom stereocenters. The summed E-state index contributed by atoms with van der Waals surface area (Å²) in [4.78, 5) is 51.3. The van der Waals surface area contributed by atoms with Gasteiger partial charge in [-0.25, -0.2) is 0 Å². The van der Waals surface area contributed by atoms with Gasteiger partial charge in [-0.1, -0.05) is 103 Å². The summed E-state index contributed by atoms with van der Waals surface area (Å²) < 4.78 is 5.80. The quantitative estimate of drug-likeness (QED) is 0.0912. The summed E-state index contributed by atoms with van der Waals surface area (Å²) in [6.07, 6.45) is 3.26. The molecule has 0 aliphatic rings. The lowest BCUT2D eigenvalue weighted by molar-refractivity contribution is -0.118. The number of carbonyl (C=O) groups excluding carboxylic acids is 4. The molecule has 0 radical (unpaired) electrons. The molecule has 48 heavy (non-hydrogen) atoms. The Morgan fingerprint density at radius 1 is 0.646 bits per heavy atom. The van der Waals surface area contributed by atoms with E-state index in [1.54, 1.807) is 48.5 Å². The van der Waals surface area contributed by atoms with Gasteiger partial charge >= 0.3 is 0 Å². The average molecular weight is 638 g/mol. The first-order valence-electron chi connectivity index (χ1n) is 15.5. The Morgan fingerprint density at radius 2 is 1.29 bits per heavy atom. The van der Waals surface area contributed by atoms with Crippen molar-refractivity contribution in [1.82, 2.24) is 5.32 Å². The average Bonchev–Trinajstić information content (AvgIpc) is 3.12. The van der Waals surface area contributed by atoms with E-state index in [1.807, 2.05) is 91.0 Å². The predicted molar refractivity (Wildman–Crippen MR) is 188 cm³/mol. The minimum Gasteiger partial charge on any atom is -0.489 e. The third kappa shape index (κ3) is 10.1. The fourth-order valence-electron chi connectivity index (χ4n) is 4.81. The molecule has 0 aromatic heterocycles. The van der Waals surface area contributed by atoms with Crippen LogP contribution in [0.5, 0.6) is 5.75 Å². The maximum absolute atomic E-state index is 13.4. The highest BCUT2D eigenvalue weighted by molar-refractivity contribution is 6.14. The zero-order valence-electron chi connectivity index (χ0n) is 26.2. The molecule has 0 saturated carbocycles. The first-order chi connectivity index (χ1) is 23.4. The SMILES string of the molecule is O=C(/C=C/c1ccc(OCc2ccccc2)cc1)NCCC(=O)Nc1ccc(NC(=O)Cc2ccccc2)c(C(=O)c2ccccc2)c1. The van der Waals surface area contributed by atoms with Crippen LogP contribution in [0, 0.1) is 0 Å². The van der Waals surface area contributed by atoms with Crippen LogP contribution in [-0.2, 0) is 27.4 Å². The van der Waals surface area contributed by atoms with Gasteiger partial charge in [0.05, 0.1) is 12.1 Å². The van der Waals surface area contributed by atoms with Crippen molar-refractivity contribution in [2.24, 2.45) is 0 Å². The van der Waals surface area contributed by atoms with Gasteiger partial charge in [-0.2, -0.15) is 0 Å². The van der Waals surface area contributed by atoms with Gasteiger partial charge in [0.15, 0.2) is 5.78 Å². The Morgan fingerprint density at radius 3 is 1.98 bits per heavy atom. The van der Waals surface area contributed by atoms with Crippen LogP contribution in [0.1, 0.15) is 39.0 Å². The second-order valence-electron chi connectivity index (χ2n) is 10.9. The smallest absolute Gasteiger partial charge is 0.244 e. The lowest BCUT2D eigenvalue weighted by atomic mass is 10.0. The van der Waals surface area contributed by atoms with Gasteiger partial charge in [-0.05, 0) is 53.1 Å². The molecule has 0 atom stereocenters. The van der Waals surface area contributed by atoms with E-state index in [1.165, 1.54) is 6.08 Å². The number of benzene rings is 5. The summed E-state index contributed by atoms with van der Waals surface area (Å²) in [5.74, 6) is -0.516. The first-order valence-corrected chi connectivity index (χ1v) is 15.5. The van der Waals surface area contributed by atoms with Gasteiger partial charge < -0.3 is 20.7 Å². The number of nitrogens with one attached hydrogen (secondary N) is 3. The number of amides is 3. The van der Waals surface area contributed by atoms with E-state index < -0.39 is 0 Å². The highest BCUT2D eigenvalue weighted by Gasteiger charge is 2.17. The number of ether oxygens (including phenoxy) is 1. The van der Waals surface area contributed by atoms with E-state index in [0.717, 1.165) is 22.4 Å². The number of hydrogen-bond donors (Lipinski definition) is 3. The topological polar surface area (TPSA) is 114 Å². The van der Waals surface area contributed by atoms with Crippen LogP contribution in [0.3, 0.4) is 0 Å². The maximum Gasteiger partial charge on any atom is 0.244 e. The van der Waals surface area contributed by atoms with Gasteiger partial charge in [0, 0.05) is 35.9 Å². The molecule has 5 aromatic carbocycles. The van der Waals surface area contributed by atoms with E-state index in [4.69, 9.17) is 4.74 Å². The normalized spacial score (nSPS) is 10.7. The third-order valence-electron chi connectivity index (χ3n) is 7.27. The zero-order chi connectivity index (χ0) is 33.6. The van der Waals surface area contributed by atoms with Crippen molar-refractivity contribution in [2.75, 3.05) is 17.2 Å². The van der Waals surface area contributed by atoms with Crippen LogP contribution in [0.2, 0.25) is 0 Å². The minimum atomic E-state index is -0.343. The molecule has 0 saturated heterocycles. The fourth-order valence-corrected chi connectivity index (χ4v) is 4.81. The van der Waals surface area contributed by atoms with E-state index in [2.05, 4.69) is 16.0 Å². The fraction of sp³-hybridized carbons (Fsp3) is 0.100. The summed E-state index contributed by atoms with van der Waals surface area (Å²) in [5, 5.41) is 8.33. The van der Waals surface area contributed by atoms with Crippen molar-refractivity contribution in [3.8, 4) is 5.75 Å². The van der Waals surface area contributed by atoms with E-state index in [0.29, 0.717) is 23.5 Å². The van der Waals surface area contributed by atoms with Crippen molar-refractivity contribution < 1.29 is 23.9 Å². The minimum absolute atomic E-state index is 0.0184. The molecule has 0 spiro atoms. The largest absolute Gasteiger partial charge is 0.489 e.